The van der Waals surface area contributed by atoms with Crippen LogP contribution in [0.1, 0.15) is 0 Å². The summed E-state index contributed by atoms with van der Waals surface area (Å²) in [7, 11) is -1.89. The third-order valence-corrected chi connectivity index (χ3v) is 0.395. The predicted molar refractivity (Wildman–Crippen MR) is 22.5 cm³/mol. The zero-order valence-corrected chi connectivity index (χ0v) is 3.71. The number of hydrogen-bond donors (Lipinski definition) is 2. The maximum absolute atomic E-state index is 7.97. The van der Waals surface area contributed by atoms with E-state index >= 15 is 0 Å². The summed E-state index contributed by atoms with van der Waals surface area (Å²) in [5.41, 5.74) is 12.1. The average Bonchev–Trinajstić information content (AvgIpc) is 1.35. The van der Waals surface area contributed by atoms with Gasteiger partial charge in [-0.1, -0.05) is 0 Å². The van der Waals surface area contributed by atoms with Crippen molar-refractivity contribution in [3.8, 4) is 0 Å². The van der Waals surface area contributed by atoms with Crippen molar-refractivity contribution in [2.75, 3.05) is 0 Å². The zero-order valence-electron chi connectivity index (χ0n) is 2.81. The second kappa shape index (κ2) is 2.87. The summed E-state index contributed by atoms with van der Waals surface area (Å²) < 4.78 is 0. The molecule has 6 heteroatoms. The van der Waals surface area contributed by atoms with Crippen LogP contribution in [0.5, 0.6) is 0 Å². The predicted octanol–water partition coefficient (Wildman–Crippen LogP) is 0.475. The van der Waals surface area contributed by atoms with Gasteiger partial charge in [0.2, 0.25) is 0 Å². The van der Waals surface area contributed by atoms with Crippen LogP contribution >= 0.6 is 8.45 Å². The number of nitrogens with two attached hydrogens (primary N) is 1. The lowest BCUT2D eigenvalue weighted by Gasteiger charge is -1.82. The van der Waals surface area contributed by atoms with Crippen molar-refractivity contribution in [1.29, 1.82) is 0 Å². The van der Waals surface area contributed by atoms with Crippen LogP contribution in [0.4, 0.5) is 0 Å². The van der Waals surface area contributed by atoms with Crippen molar-refractivity contribution in [3.63, 3.8) is 0 Å². The van der Waals surface area contributed by atoms with Crippen LogP contribution in [0.2, 0.25) is 0 Å². The molecule has 0 aromatic rings. The van der Waals surface area contributed by atoms with Gasteiger partial charge in [0.1, 0.15) is 0 Å². The molecule has 0 aliphatic carbocycles. The first-order chi connectivity index (χ1) is 2.77. The molecule has 0 rings (SSSR count). The molecule has 0 spiro atoms. The molecule has 0 aliphatic heterocycles. The minimum atomic E-state index is -1.89. The fraction of sp³-hybridized carbons (Fsp3) is 0. The van der Waals surface area contributed by atoms with E-state index in [1.807, 2.05) is 0 Å². The normalized spacial score (nSPS) is 12.3. The fourth-order valence-electron chi connectivity index (χ4n) is 0.0410. The van der Waals surface area contributed by atoms with Crippen LogP contribution < -0.4 is 5.50 Å². The molecule has 0 aromatic heterocycles. The Labute approximate surface area is 35.3 Å². The number of azide groups is 1. The van der Waals surface area contributed by atoms with Crippen LogP contribution in [0, 0.1) is 0 Å². The van der Waals surface area contributed by atoms with Crippen LogP contribution in [-0.4, -0.2) is 4.89 Å². The molecule has 0 radical (unpaired) electrons. The van der Waals surface area contributed by atoms with E-state index < -0.39 is 8.45 Å². The van der Waals surface area contributed by atoms with Gasteiger partial charge in [0.05, 0.1) is 0 Å². The number of hydrogen-bond acceptors (Lipinski definition) is 3. The van der Waals surface area contributed by atoms with Gasteiger partial charge in [-0.2, -0.15) is 0 Å². The largest absolute Gasteiger partial charge is 0.355 e. The van der Waals surface area contributed by atoms with E-state index in [1.165, 1.54) is 0 Å². The SMILES string of the molecule is [N-]=[N+]=NP(N)O. The van der Waals surface area contributed by atoms with Crippen LogP contribution in [0.3, 0.4) is 0 Å². The van der Waals surface area contributed by atoms with Gasteiger partial charge in [-0.05, 0) is 10.4 Å². The Kier molecular flexibility index (Phi) is 2.71. The molecule has 3 N–H and O–H groups in total. The summed E-state index contributed by atoms with van der Waals surface area (Å²) in [6.07, 6.45) is 0. The van der Waals surface area contributed by atoms with Crippen molar-refractivity contribution in [2.45, 2.75) is 0 Å². The Morgan fingerprint density at radius 3 is 2.50 bits per heavy atom. The highest BCUT2D eigenvalue weighted by Crippen LogP contribution is 2.18. The van der Waals surface area contributed by atoms with E-state index in [1.54, 1.807) is 0 Å². The molecular formula is H3N4OP. The summed E-state index contributed by atoms with van der Waals surface area (Å²) >= 11 is 0. The van der Waals surface area contributed by atoms with Gasteiger partial charge in [-0.15, -0.1) is 0 Å². The minimum Gasteiger partial charge on any atom is -0.355 e. The van der Waals surface area contributed by atoms with Gasteiger partial charge in [0.15, 0.2) is 8.45 Å². The van der Waals surface area contributed by atoms with Crippen molar-refractivity contribution in [2.24, 2.45) is 10.4 Å². The van der Waals surface area contributed by atoms with E-state index in [0.717, 1.165) is 0 Å². The Morgan fingerprint density at radius 2 is 2.50 bits per heavy atom. The highest BCUT2D eigenvalue weighted by atomic mass is 31.2. The minimum absolute atomic E-state index is 1.89. The first-order valence-electron chi connectivity index (χ1n) is 1.06. The lowest BCUT2D eigenvalue weighted by Crippen LogP contribution is -1.76. The monoisotopic (exact) mass is 106 g/mol. The van der Waals surface area contributed by atoms with Crippen molar-refractivity contribution >= 4 is 8.45 Å². The molecule has 0 amide bonds. The van der Waals surface area contributed by atoms with Crippen LogP contribution in [0.15, 0.2) is 4.88 Å². The first-order valence-corrected chi connectivity index (χ1v) is 2.37. The quantitative estimate of drug-likeness (QED) is 0.220. The van der Waals surface area contributed by atoms with Crippen molar-refractivity contribution in [3.05, 3.63) is 10.4 Å². The van der Waals surface area contributed by atoms with Crippen LogP contribution in [-0.2, 0) is 0 Å². The van der Waals surface area contributed by atoms with E-state index in [-0.39, 0.29) is 0 Å². The summed E-state index contributed by atoms with van der Waals surface area (Å²) in [6, 6.07) is 0. The second-order valence-electron chi connectivity index (χ2n) is 0.499. The van der Waals surface area contributed by atoms with Crippen molar-refractivity contribution < 1.29 is 4.89 Å². The fourth-order valence-corrected chi connectivity index (χ4v) is 0.123. The molecule has 0 fully saturated rings. The molecule has 6 heavy (non-hydrogen) atoms. The molecule has 34 valence electrons. The molecule has 0 bridgehead atoms. The summed E-state index contributed by atoms with van der Waals surface area (Å²) in [5, 5.41) is 0. The maximum atomic E-state index is 7.97. The summed E-state index contributed by atoms with van der Waals surface area (Å²) in [4.78, 5) is 12.9. The molecule has 1 atom stereocenters. The Hall–Kier alpha value is -0.340. The Balaban J connectivity index is 3.29. The third kappa shape index (κ3) is 3.66. The van der Waals surface area contributed by atoms with Gasteiger partial charge in [-0.3, -0.25) is 5.50 Å². The molecule has 5 nitrogen and oxygen atoms in total. The highest BCUT2D eigenvalue weighted by Gasteiger charge is 1.80. The van der Waals surface area contributed by atoms with Gasteiger partial charge in [0, 0.05) is 4.91 Å². The third-order valence-electron chi connectivity index (χ3n) is 0.132. The molecular weight excluding hydrogens is 103 g/mol. The Morgan fingerprint density at radius 1 is 2.00 bits per heavy atom. The van der Waals surface area contributed by atoms with E-state index in [4.69, 9.17) is 10.4 Å². The van der Waals surface area contributed by atoms with Gasteiger partial charge in [-0.25, -0.2) is 0 Å². The van der Waals surface area contributed by atoms with Crippen molar-refractivity contribution in [1.82, 2.24) is 0 Å². The Bertz CT molecular complexity index is 71.6. The first kappa shape index (κ1) is 5.66. The molecule has 0 saturated heterocycles. The van der Waals surface area contributed by atoms with Gasteiger partial charge in [0.25, 0.3) is 0 Å². The topological polar surface area (TPSA) is 95.0 Å². The van der Waals surface area contributed by atoms with Crippen LogP contribution in [0.25, 0.3) is 10.4 Å². The zero-order chi connectivity index (χ0) is 4.99. The maximum Gasteiger partial charge on any atom is 0.190 e. The van der Waals surface area contributed by atoms with Gasteiger partial charge < -0.3 is 4.89 Å². The van der Waals surface area contributed by atoms with E-state index in [0.29, 0.717) is 0 Å². The van der Waals surface area contributed by atoms with E-state index in [2.05, 4.69) is 15.3 Å². The average molecular weight is 106 g/mol. The van der Waals surface area contributed by atoms with E-state index in [9.17, 15) is 0 Å². The molecule has 0 aliphatic rings. The summed E-state index contributed by atoms with van der Waals surface area (Å²) in [6.45, 7) is 0. The molecule has 0 saturated carbocycles. The number of rotatable bonds is 1. The smallest absolute Gasteiger partial charge is 0.190 e. The lowest BCUT2D eigenvalue weighted by molar-refractivity contribution is 0.627. The standard InChI is InChI=1S/H3N4OP/c1-3-4-6(2)5/h5H,2H2. The summed E-state index contributed by atoms with van der Waals surface area (Å²) in [5.74, 6) is 0. The molecule has 0 aromatic carbocycles. The van der Waals surface area contributed by atoms with Gasteiger partial charge >= 0.3 is 0 Å². The lowest BCUT2D eigenvalue weighted by atomic mass is 13.0. The highest BCUT2D eigenvalue weighted by molar-refractivity contribution is 7.47. The number of nitrogens with zero attached hydrogens (tertiary/aromatic N) is 3. The second-order valence-corrected chi connectivity index (χ2v) is 1.32. The molecule has 1 unspecified atom stereocenters. The molecule has 0 heterocycles.